The van der Waals surface area contributed by atoms with Crippen LogP contribution < -0.4 is 11.1 Å². The molecule has 1 unspecified atom stereocenters. The third-order valence-corrected chi connectivity index (χ3v) is 2.79. The highest BCUT2D eigenvalue weighted by molar-refractivity contribution is 6.30. The van der Waals surface area contributed by atoms with Crippen LogP contribution in [0.15, 0.2) is 18.2 Å². The van der Waals surface area contributed by atoms with E-state index in [-0.39, 0.29) is 16.8 Å². The van der Waals surface area contributed by atoms with Gasteiger partial charge in [0.25, 0.3) is 0 Å². The molecule has 94 valence electrons. The molecule has 3 N–H and O–H groups in total. The van der Waals surface area contributed by atoms with Gasteiger partial charge in [0.05, 0.1) is 5.02 Å². The minimum absolute atomic E-state index is 0.0594. The molecule has 3 nitrogen and oxygen atoms in total. The lowest BCUT2D eigenvalue weighted by Crippen LogP contribution is -2.29. The van der Waals surface area contributed by atoms with E-state index in [1.54, 1.807) is 6.07 Å². The highest BCUT2D eigenvalue weighted by Gasteiger charge is 2.11. The second-order valence-corrected chi connectivity index (χ2v) is 4.35. The summed E-state index contributed by atoms with van der Waals surface area (Å²) < 4.78 is 12.9. The number of hydrogen-bond acceptors (Lipinski definition) is 2. The molecule has 0 aliphatic carbocycles. The topological polar surface area (TPSA) is 55.1 Å². The van der Waals surface area contributed by atoms with E-state index >= 15 is 0 Å². The smallest absolute Gasteiger partial charge is 0.223 e. The number of benzene rings is 1. The van der Waals surface area contributed by atoms with Gasteiger partial charge in [0.1, 0.15) is 5.82 Å². The van der Waals surface area contributed by atoms with Gasteiger partial charge in [-0.2, -0.15) is 0 Å². The zero-order chi connectivity index (χ0) is 12.8. The molecule has 0 bridgehead atoms. The highest BCUT2D eigenvalue weighted by Crippen LogP contribution is 2.15. The Balaban J connectivity index is 2.50. The number of amides is 1. The molecule has 5 heteroatoms. The number of carbonyl (C=O) groups is 1. The number of nitrogens with one attached hydrogen (secondary N) is 1. The van der Waals surface area contributed by atoms with Crippen LogP contribution in [0.2, 0.25) is 5.02 Å². The predicted octanol–water partition coefficient (Wildman–Crippen LogP) is 2.08. The van der Waals surface area contributed by atoms with E-state index in [4.69, 9.17) is 17.3 Å². The molecular formula is C12H16ClFN2O. The molecule has 1 atom stereocenters. The molecule has 1 rings (SSSR count). The zero-order valence-corrected chi connectivity index (χ0v) is 10.4. The molecule has 0 spiro atoms. The van der Waals surface area contributed by atoms with Crippen LogP contribution in [0.1, 0.15) is 18.9 Å². The number of halogens is 2. The van der Waals surface area contributed by atoms with E-state index in [9.17, 15) is 9.18 Å². The van der Waals surface area contributed by atoms with Gasteiger partial charge in [0.2, 0.25) is 5.91 Å². The average Bonchev–Trinajstić information content (AvgIpc) is 2.30. The summed E-state index contributed by atoms with van der Waals surface area (Å²) in [5.74, 6) is -0.634. The number of hydrogen-bond donors (Lipinski definition) is 2. The number of nitrogens with two attached hydrogens (primary N) is 1. The van der Waals surface area contributed by atoms with Crippen LogP contribution in [0.3, 0.4) is 0 Å². The number of rotatable bonds is 5. The molecular weight excluding hydrogens is 243 g/mol. The Bertz CT molecular complexity index is 398. The van der Waals surface area contributed by atoms with Crippen molar-refractivity contribution in [3.05, 3.63) is 34.6 Å². The first-order valence-corrected chi connectivity index (χ1v) is 5.84. The molecule has 0 radical (unpaired) electrons. The second kappa shape index (κ2) is 6.57. The molecule has 1 amide bonds. The minimum Gasteiger partial charge on any atom is -0.352 e. The first kappa shape index (κ1) is 13.9. The summed E-state index contributed by atoms with van der Waals surface area (Å²) in [6, 6.07) is 4.38. The molecule has 1 aromatic rings. The molecule has 0 saturated heterocycles. The summed E-state index contributed by atoms with van der Waals surface area (Å²) in [5.41, 5.74) is 6.14. The van der Waals surface area contributed by atoms with Gasteiger partial charge in [-0.3, -0.25) is 4.79 Å². The summed E-state index contributed by atoms with van der Waals surface area (Å²) >= 11 is 5.64. The van der Waals surface area contributed by atoms with Gasteiger partial charge in [-0.15, -0.1) is 0 Å². The van der Waals surface area contributed by atoms with E-state index in [0.29, 0.717) is 19.5 Å². The molecule has 0 fully saturated rings. The van der Waals surface area contributed by atoms with Crippen LogP contribution in [0, 0.1) is 11.7 Å². The third kappa shape index (κ3) is 4.32. The second-order valence-electron chi connectivity index (χ2n) is 3.94. The van der Waals surface area contributed by atoms with E-state index in [1.807, 2.05) is 6.92 Å². The minimum atomic E-state index is -0.460. The van der Waals surface area contributed by atoms with Crippen molar-refractivity contribution in [3.63, 3.8) is 0 Å². The van der Waals surface area contributed by atoms with E-state index in [2.05, 4.69) is 5.32 Å². The standard InChI is InChI=1S/C12H16ClFN2O/c1-8(4-5-15)12(17)16-7-9-2-3-11(14)10(13)6-9/h2-3,6,8H,4-5,7,15H2,1H3,(H,16,17). The van der Waals surface area contributed by atoms with Gasteiger partial charge in [0.15, 0.2) is 0 Å². The molecule has 0 aliphatic heterocycles. The van der Waals surface area contributed by atoms with Gasteiger partial charge in [0, 0.05) is 12.5 Å². The van der Waals surface area contributed by atoms with Gasteiger partial charge in [-0.05, 0) is 30.7 Å². The van der Waals surface area contributed by atoms with Crippen LogP contribution in [-0.2, 0) is 11.3 Å². The first-order valence-electron chi connectivity index (χ1n) is 5.46. The van der Waals surface area contributed by atoms with E-state index in [0.717, 1.165) is 5.56 Å². The van der Waals surface area contributed by atoms with Crippen LogP contribution in [0.4, 0.5) is 4.39 Å². The molecule has 0 heterocycles. The average molecular weight is 259 g/mol. The van der Waals surface area contributed by atoms with Crippen molar-refractivity contribution in [1.82, 2.24) is 5.32 Å². The Kier molecular flexibility index (Phi) is 5.38. The molecule has 1 aromatic carbocycles. The predicted molar refractivity (Wildman–Crippen MR) is 66.1 cm³/mol. The van der Waals surface area contributed by atoms with Crippen molar-refractivity contribution >= 4 is 17.5 Å². The van der Waals surface area contributed by atoms with Crippen molar-refractivity contribution in [2.45, 2.75) is 19.9 Å². The van der Waals surface area contributed by atoms with Crippen molar-refractivity contribution in [2.75, 3.05) is 6.54 Å². The van der Waals surface area contributed by atoms with Gasteiger partial charge in [-0.25, -0.2) is 4.39 Å². The van der Waals surface area contributed by atoms with Gasteiger partial charge >= 0.3 is 0 Å². The third-order valence-electron chi connectivity index (χ3n) is 2.50. The first-order chi connectivity index (χ1) is 8.04. The largest absolute Gasteiger partial charge is 0.352 e. The molecule has 0 aliphatic rings. The Morgan fingerprint density at radius 1 is 1.59 bits per heavy atom. The summed E-state index contributed by atoms with van der Waals surface area (Å²) in [6.45, 7) is 2.64. The van der Waals surface area contributed by atoms with Gasteiger partial charge in [-0.1, -0.05) is 24.6 Å². The van der Waals surface area contributed by atoms with Crippen LogP contribution >= 0.6 is 11.6 Å². The van der Waals surface area contributed by atoms with E-state index < -0.39 is 5.82 Å². The summed E-state index contributed by atoms with van der Waals surface area (Å²) in [4.78, 5) is 11.6. The summed E-state index contributed by atoms with van der Waals surface area (Å²) in [6.07, 6.45) is 0.649. The summed E-state index contributed by atoms with van der Waals surface area (Å²) in [7, 11) is 0. The fourth-order valence-corrected chi connectivity index (χ4v) is 1.60. The number of carbonyl (C=O) groups excluding carboxylic acids is 1. The van der Waals surface area contributed by atoms with Crippen LogP contribution in [0.25, 0.3) is 0 Å². The Hall–Kier alpha value is -1.13. The summed E-state index contributed by atoms with van der Waals surface area (Å²) in [5, 5.41) is 2.82. The fraction of sp³-hybridized carbons (Fsp3) is 0.417. The molecule has 0 saturated carbocycles. The maximum atomic E-state index is 12.9. The quantitative estimate of drug-likeness (QED) is 0.850. The fourth-order valence-electron chi connectivity index (χ4n) is 1.39. The maximum absolute atomic E-state index is 12.9. The monoisotopic (exact) mass is 258 g/mol. The molecule has 17 heavy (non-hydrogen) atoms. The Morgan fingerprint density at radius 3 is 2.88 bits per heavy atom. The normalized spacial score (nSPS) is 12.2. The maximum Gasteiger partial charge on any atom is 0.223 e. The van der Waals surface area contributed by atoms with E-state index in [1.165, 1.54) is 12.1 Å². The lowest BCUT2D eigenvalue weighted by Gasteiger charge is -2.11. The van der Waals surface area contributed by atoms with Crippen molar-refractivity contribution in [1.29, 1.82) is 0 Å². The lowest BCUT2D eigenvalue weighted by molar-refractivity contribution is -0.124. The van der Waals surface area contributed by atoms with Gasteiger partial charge < -0.3 is 11.1 Å². The molecule has 0 aromatic heterocycles. The SMILES string of the molecule is CC(CCN)C(=O)NCc1ccc(F)c(Cl)c1. The van der Waals surface area contributed by atoms with Crippen molar-refractivity contribution < 1.29 is 9.18 Å². The van der Waals surface area contributed by atoms with Crippen molar-refractivity contribution in [2.24, 2.45) is 11.7 Å². The van der Waals surface area contributed by atoms with Crippen molar-refractivity contribution in [3.8, 4) is 0 Å². The van der Waals surface area contributed by atoms with Crippen LogP contribution in [-0.4, -0.2) is 12.5 Å². The van der Waals surface area contributed by atoms with Crippen LogP contribution in [0.5, 0.6) is 0 Å². The Morgan fingerprint density at radius 2 is 2.29 bits per heavy atom. The zero-order valence-electron chi connectivity index (χ0n) is 9.67. The Labute approximate surface area is 105 Å². The highest BCUT2D eigenvalue weighted by atomic mass is 35.5. The lowest BCUT2D eigenvalue weighted by atomic mass is 10.1.